The van der Waals surface area contributed by atoms with E-state index in [1.165, 1.54) is 5.56 Å². The molecule has 0 unspecified atom stereocenters. The van der Waals surface area contributed by atoms with Crippen LogP contribution in [0.15, 0.2) is 24.3 Å². The van der Waals surface area contributed by atoms with Crippen molar-refractivity contribution < 1.29 is 4.39 Å². The summed E-state index contributed by atoms with van der Waals surface area (Å²) in [5, 5.41) is 3.30. The van der Waals surface area contributed by atoms with Gasteiger partial charge in [0.05, 0.1) is 6.04 Å². The second-order valence-corrected chi connectivity index (χ2v) is 4.55. The van der Waals surface area contributed by atoms with Gasteiger partial charge in [0.25, 0.3) is 0 Å². The lowest BCUT2D eigenvalue weighted by Crippen LogP contribution is -2.45. The van der Waals surface area contributed by atoms with Crippen LogP contribution in [0.25, 0.3) is 0 Å². The molecule has 1 aromatic rings. The van der Waals surface area contributed by atoms with Gasteiger partial charge in [-0.1, -0.05) is 31.2 Å². The molecule has 1 N–H and O–H groups in total. The third-order valence-electron chi connectivity index (χ3n) is 3.51. The molecule has 0 amide bonds. The SMILES string of the molecule is CCc1ccc([C@H](CF)N2CCNCC2)cc1.Cl. The number of alkyl halides is 1. The molecule has 2 nitrogen and oxygen atoms in total. The minimum atomic E-state index is -0.300. The molecule has 18 heavy (non-hydrogen) atoms. The number of nitrogens with one attached hydrogen (secondary N) is 1. The van der Waals surface area contributed by atoms with Crippen LogP contribution >= 0.6 is 12.4 Å². The van der Waals surface area contributed by atoms with E-state index < -0.39 is 0 Å². The van der Waals surface area contributed by atoms with Crippen molar-refractivity contribution in [1.82, 2.24) is 10.2 Å². The lowest BCUT2D eigenvalue weighted by molar-refractivity contribution is 0.147. The van der Waals surface area contributed by atoms with Crippen LogP contribution in [0.2, 0.25) is 0 Å². The number of nitrogens with zero attached hydrogens (tertiary/aromatic N) is 1. The number of hydrogen-bond donors (Lipinski definition) is 1. The van der Waals surface area contributed by atoms with Gasteiger partial charge < -0.3 is 5.32 Å². The van der Waals surface area contributed by atoms with Crippen LogP contribution < -0.4 is 5.32 Å². The Hall–Kier alpha value is -0.640. The van der Waals surface area contributed by atoms with Crippen LogP contribution in [0.3, 0.4) is 0 Å². The van der Waals surface area contributed by atoms with Crippen LogP contribution in [0.4, 0.5) is 4.39 Å². The van der Waals surface area contributed by atoms with Crippen molar-refractivity contribution in [3.63, 3.8) is 0 Å². The second kappa shape index (κ2) is 7.72. The van der Waals surface area contributed by atoms with E-state index in [4.69, 9.17) is 0 Å². The molecule has 1 heterocycles. The monoisotopic (exact) mass is 272 g/mol. The maximum atomic E-state index is 13.2. The number of piperazine rings is 1. The maximum absolute atomic E-state index is 13.2. The van der Waals surface area contributed by atoms with Gasteiger partial charge in [-0.2, -0.15) is 0 Å². The van der Waals surface area contributed by atoms with Gasteiger partial charge in [-0.15, -0.1) is 12.4 Å². The van der Waals surface area contributed by atoms with Gasteiger partial charge in [0, 0.05) is 26.2 Å². The topological polar surface area (TPSA) is 15.3 Å². The highest BCUT2D eigenvalue weighted by molar-refractivity contribution is 5.85. The Labute approximate surface area is 115 Å². The van der Waals surface area contributed by atoms with Crippen molar-refractivity contribution in [2.75, 3.05) is 32.9 Å². The molecule has 102 valence electrons. The molecule has 1 aromatic carbocycles. The van der Waals surface area contributed by atoms with E-state index in [9.17, 15) is 4.39 Å². The molecule has 0 bridgehead atoms. The molecule has 0 aliphatic carbocycles. The van der Waals surface area contributed by atoms with Crippen molar-refractivity contribution in [3.8, 4) is 0 Å². The maximum Gasteiger partial charge on any atom is 0.109 e. The lowest BCUT2D eigenvalue weighted by atomic mass is 10.0. The summed E-state index contributed by atoms with van der Waals surface area (Å²) in [7, 11) is 0. The van der Waals surface area contributed by atoms with E-state index in [0.717, 1.165) is 38.2 Å². The number of halogens is 2. The average Bonchev–Trinajstić information content (AvgIpc) is 2.42. The van der Waals surface area contributed by atoms with Gasteiger partial charge in [-0.25, -0.2) is 4.39 Å². The van der Waals surface area contributed by atoms with Crippen LogP contribution in [0, 0.1) is 0 Å². The molecule has 1 fully saturated rings. The largest absolute Gasteiger partial charge is 0.314 e. The molecule has 0 radical (unpaired) electrons. The van der Waals surface area contributed by atoms with E-state index in [0.29, 0.717) is 0 Å². The lowest BCUT2D eigenvalue weighted by Gasteiger charge is -2.33. The summed E-state index contributed by atoms with van der Waals surface area (Å²) in [4.78, 5) is 2.23. The summed E-state index contributed by atoms with van der Waals surface area (Å²) >= 11 is 0. The average molecular weight is 273 g/mol. The normalized spacial score (nSPS) is 18.1. The molecule has 1 aliphatic rings. The minimum absolute atomic E-state index is 0. The van der Waals surface area contributed by atoms with E-state index in [1.807, 2.05) is 0 Å². The molecule has 0 spiro atoms. The number of rotatable bonds is 4. The van der Waals surface area contributed by atoms with Crippen molar-refractivity contribution in [1.29, 1.82) is 0 Å². The Kier molecular flexibility index (Phi) is 6.61. The molecule has 1 saturated heterocycles. The third-order valence-corrected chi connectivity index (χ3v) is 3.51. The van der Waals surface area contributed by atoms with Gasteiger partial charge in [0.1, 0.15) is 6.67 Å². The van der Waals surface area contributed by atoms with E-state index >= 15 is 0 Å². The second-order valence-electron chi connectivity index (χ2n) is 4.55. The fourth-order valence-corrected chi connectivity index (χ4v) is 2.37. The molecule has 0 saturated carbocycles. The zero-order valence-electron chi connectivity index (χ0n) is 10.9. The highest BCUT2D eigenvalue weighted by atomic mass is 35.5. The van der Waals surface area contributed by atoms with Gasteiger partial charge in [0.15, 0.2) is 0 Å². The number of hydrogen-bond acceptors (Lipinski definition) is 2. The van der Waals surface area contributed by atoms with Gasteiger partial charge in [0.2, 0.25) is 0 Å². The van der Waals surface area contributed by atoms with Crippen molar-refractivity contribution in [3.05, 3.63) is 35.4 Å². The predicted octanol–water partition coefficient (Wildman–Crippen LogP) is 2.59. The summed E-state index contributed by atoms with van der Waals surface area (Å²) in [5.74, 6) is 0. The summed E-state index contributed by atoms with van der Waals surface area (Å²) < 4.78 is 13.2. The molecule has 1 aliphatic heterocycles. The first kappa shape index (κ1) is 15.4. The van der Waals surface area contributed by atoms with E-state index in [-0.39, 0.29) is 25.1 Å². The standard InChI is InChI=1S/C14H21FN2.ClH/c1-2-12-3-5-13(6-4-12)14(11-15)17-9-7-16-8-10-17;/h3-6,14,16H,2,7-11H2,1H3;1H/t14-;/m0./s1. The summed E-state index contributed by atoms with van der Waals surface area (Å²) in [6, 6.07) is 8.30. The fourth-order valence-electron chi connectivity index (χ4n) is 2.37. The number of benzene rings is 1. The minimum Gasteiger partial charge on any atom is -0.314 e. The Morgan fingerprint density at radius 1 is 1.22 bits per heavy atom. The first-order valence-corrected chi connectivity index (χ1v) is 6.44. The fraction of sp³-hybridized carbons (Fsp3) is 0.571. The van der Waals surface area contributed by atoms with Crippen molar-refractivity contribution >= 4 is 12.4 Å². The van der Waals surface area contributed by atoms with Crippen molar-refractivity contribution in [2.45, 2.75) is 19.4 Å². The van der Waals surface area contributed by atoms with E-state index in [1.54, 1.807) is 0 Å². The van der Waals surface area contributed by atoms with Gasteiger partial charge in [-0.05, 0) is 17.5 Å². The van der Waals surface area contributed by atoms with Crippen LogP contribution in [0.5, 0.6) is 0 Å². The molecular formula is C14H22ClFN2. The molecule has 2 rings (SSSR count). The van der Waals surface area contributed by atoms with E-state index in [2.05, 4.69) is 41.4 Å². The Morgan fingerprint density at radius 3 is 2.33 bits per heavy atom. The first-order valence-electron chi connectivity index (χ1n) is 6.44. The zero-order chi connectivity index (χ0) is 12.1. The third kappa shape index (κ3) is 3.67. The number of aryl methyl sites for hydroxylation is 1. The Balaban J connectivity index is 0.00000162. The van der Waals surface area contributed by atoms with Gasteiger partial charge in [-0.3, -0.25) is 4.90 Å². The highest BCUT2D eigenvalue weighted by Gasteiger charge is 2.21. The van der Waals surface area contributed by atoms with Crippen LogP contribution in [-0.4, -0.2) is 37.8 Å². The molecular weight excluding hydrogens is 251 g/mol. The Morgan fingerprint density at radius 2 is 1.83 bits per heavy atom. The molecule has 4 heteroatoms. The Bertz CT molecular complexity index is 336. The molecule has 0 aromatic heterocycles. The summed E-state index contributed by atoms with van der Waals surface area (Å²) in [5.41, 5.74) is 2.42. The smallest absolute Gasteiger partial charge is 0.109 e. The zero-order valence-corrected chi connectivity index (χ0v) is 11.7. The van der Waals surface area contributed by atoms with Gasteiger partial charge >= 0.3 is 0 Å². The quantitative estimate of drug-likeness (QED) is 0.906. The highest BCUT2D eigenvalue weighted by Crippen LogP contribution is 2.22. The summed E-state index contributed by atoms with van der Waals surface area (Å²) in [6.45, 7) is 5.63. The van der Waals surface area contributed by atoms with Crippen molar-refractivity contribution in [2.24, 2.45) is 0 Å². The molecule has 1 atom stereocenters. The summed E-state index contributed by atoms with van der Waals surface area (Å²) in [6.07, 6.45) is 1.04. The van der Waals surface area contributed by atoms with Crippen LogP contribution in [0.1, 0.15) is 24.1 Å². The predicted molar refractivity (Wildman–Crippen MR) is 76.2 cm³/mol. The van der Waals surface area contributed by atoms with Crippen LogP contribution in [-0.2, 0) is 6.42 Å². The first-order chi connectivity index (χ1) is 8.35.